The Hall–Kier alpha value is -1.51. The fraction of sp³-hybridized carbons (Fsp3) is 0.588. The summed E-state index contributed by atoms with van der Waals surface area (Å²) < 4.78 is 5.46. The zero-order valence-corrected chi connectivity index (χ0v) is 12.6. The summed E-state index contributed by atoms with van der Waals surface area (Å²) in [5.74, 6) is 0.649. The van der Waals surface area contributed by atoms with Crippen LogP contribution in [0.3, 0.4) is 0 Å². The highest BCUT2D eigenvalue weighted by Gasteiger charge is 2.47. The van der Waals surface area contributed by atoms with Gasteiger partial charge in [-0.3, -0.25) is 4.79 Å². The molecule has 0 unspecified atom stereocenters. The molecule has 0 bridgehead atoms. The van der Waals surface area contributed by atoms with E-state index >= 15 is 0 Å². The van der Waals surface area contributed by atoms with Crippen LogP contribution in [-0.2, 0) is 10.2 Å². The van der Waals surface area contributed by atoms with E-state index in [-0.39, 0.29) is 11.8 Å². The highest BCUT2D eigenvalue weighted by Crippen LogP contribution is 2.54. The Morgan fingerprint density at radius 1 is 1.35 bits per heavy atom. The first kappa shape index (κ1) is 14.9. The number of benzene rings is 1. The maximum atomic E-state index is 11.1. The lowest BCUT2D eigenvalue weighted by atomic mass is 9.86. The van der Waals surface area contributed by atoms with E-state index in [1.54, 1.807) is 7.11 Å². The zero-order chi connectivity index (χ0) is 14.8. The zero-order valence-electron chi connectivity index (χ0n) is 12.6. The number of carboxylic acid groups (broad SMARTS) is 1. The van der Waals surface area contributed by atoms with Crippen molar-refractivity contribution >= 4 is 5.97 Å². The molecule has 0 spiro atoms. The molecule has 0 radical (unpaired) electrons. The molecule has 0 aromatic heterocycles. The largest absolute Gasteiger partial charge is 0.496 e. The van der Waals surface area contributed by atoms with E-state index in [1.165, 1.54) is 5.56 Å². The molecule has 20 heavy (non-hydrogen) atoms. The lowest BCUT2D eigenvalue weighted by Gasteiger charge is -2.21. The quantitative estimate of drug-likeness (QED) is 0.815. The summed E-state index contributed by atoms with van der Waals surface area (Å²) in [5, 5.41) is 9.14. The third kappa shape index (κ3) is 2.82. The number of hydrogen-bond acceptors (Lipinski definition) is 2. The van der Waals surface area contributed by atoms with Crippen LogP contribution in [0.15, 0.2) is 18.2 Å². The van der Waals surface area contributed by atoms with Crippen LogP contribution in [-0.4, -0.2) is 18.2 Å². The number of carboxylic acids is 1. The first-order chi connectivity index (χ1) is 9.56. The van der Waals surface area contributed by atoms with Crippen LogP contribution in [0.5, 0.6) is 5.75 Å². The minimum Gasteiger partial charge on any atom is -0.496 e. The van der Waals surface area contributed by atoms with Crippen molar-refractivity contribution in [3.63, 3.8) is 0 Å². The highest BCUT2D eigenvalue weighted by molar-refractivity contribution is 5.70. The van der Waals surface area contributed by atoms with Crippen LogP contribution in [0.4, 0.5) is 0 Å². The van der Waals surface area contributed by atoms with Crippen molar-refractivity contribution in [3.8, 4) is 5.75 Å². The molecule has 1 fully saturated rings. The number of methoxy groups -OCH3 is 1. The van der Waals surface area contributed by atoms with E-state index in [0.29, 0.717) is 5.92 Å². The molecule has 1 aromatic rings. The molecule has 0 saturated heterocycles. The third-order valence-electron chi connectivity index (χ3n) is 4.60. The minimum absolute atomic E-state index is 0.195. The van der Waals surface area contributed by atoms with Gasteiger partial charge in [0.25, 0.3) is 0 Å². The van der Waals surface area contributed by atoms with Gasteiger partial charge in [-0.1, -0.05) is 26.0 Å². The number of carbonyl (C=O) groups is 1. The second-order valence-corrected chi connectivity index (χ2v) is 5.82. The molecule has 2 rings (SSSR count). The molecule has 1 aromatic carbocycles. The molecular weight excluding hydrogens is 252 g/mol. The Bertz CT molecular complexity index is 485. The molecule has 1 aliphatic rings. The summed E-state index contributed by atoms with van der Waals surface area (Å²) in [4.78, 5) is 11.1. The number of ether oxygens (including phenoxy) is 1. The van der Waals surface area contributed by atoms with E-state index in [9.17, 15) is 4.79 Å². The Kier molecular flexibility index (Phi) is 4.36. The molecule has 3 nitrogen and oxygen atoms in total. The smallest absolute Gasteiger partial charge is 0.304 e. The number of hydrogen-bond donors (Lipinski definition) is 1. The van der Waals surface area contributed by atoms with Crippen molar-refractivity contribution in [3.05, 3.63) is 29.3 Å². The lowest BCUT2D eigenvalue weighted by molar-refractivity contribution is -0.137. The van der Waals surface area contributed by atoms with Gasteiger partial charge >= 0.3 is 5.97 Å². The second-order valence-electron chi connectivity index (χ2n) is 5.82. The Morgan fingerprint density at radius 2 is 2.00 bits per heavy atom. The molecule has 0 atom stereocenters. The first-order valence-corrected chi connectivity index (χ1v) is 7.46. The van der Waals surface area contributed by atoms with Gasteiger partial charge in [0, 0.05) is 11.0 Å². The maximum Gasteiger partial charge on any atom is 0.304 e. The average molecular weight is 276 g/mol. The Labute approximate surface area is 121 Å². The standard InChI is InChI=1S/C17H24O3/c1-4-12(5-2)13-6-7-15(20-3)14(10-13)17(8-9-17)11-16(18)19/h6-7,10,12H,4-5,8-9,11H2,1-3H3,(H,18,19). The molecule has 0 aliphatic heterocycles. The van der Waals surface area contributed by atoms with Crippen LogP contribution in [0, 0.1) is 0 Å². The molecule has 1 N–H and O–H groups in total. The summed E-state index contributed by atoms with van der Waals surface area (Å²) >= 11 is 0. The predicted octanol–water partition coefficient (Wildman–Crippen LogP) is 4.11. The number of aliphatic carboxylic acids is 1. The molecule has 110 valence electrons. The molecular formula is C17H24O3. The third-order valence-corrected chi connectivity index (χ3v) is 4.60. The molecule has 1 aliphatic carbocycles. The minimum atomic E-state index is -0.725. The van der Waals surface area contributed by atoms with Crippen molar-refractivity contribution in [2.75, 3.05) is 7.11 Å². The van der Waals surface area contributed by atoms with Gasteiger partial charge in [-0.2, -0.15) is 0 Å². The first-order valence-electron chi connectivity index (χ1n) is 7.46. The van der Waals surface area contributed by atoms with Crippen LogP contribution >= 0.6 is 0 Å². The predicted molar refractivity (Wildman–Crippen MR) is 79.5 cm³/mol. The van der Waals surface area contributed by atoms with Crippen LogP contribution in [0.2, 0.25) is 0 Å². The SMILES string of the molecule is CCC(CC)c1ccc(OC)c(C2(CC(=O)O)CC2)c1. The van der Waals surface area contributed by atoms with Gasteiger partial charge in [0.05, 0.1) is 13.5 Å². The normalized spacial score (nSPS) is 16.2. The van der Waals surface area contributed by atoms with E-state index < -0.39 is 5.97 Å². The lowest BCUT2D eigenvalue weighted by Crippen LogP contribution is -2.15. The van der Waals surface area contributed by atoms with Crippen molar-refractivity contribution in [2.24, 2.45) is 0 Å². The Balaban J connectivity index is 2.39. The van der Waals surface area contributed by atoms with Crippen molar-refractivity contribution in [1.82, 2.24) is 0 Å². The summed E-state index contributed by atoms with van der Waals surface area (Å²) in [6.07, 6.45) is 4.31. The molecule has 0 amide bonds. The van der Waals surface area contributed by atoms with E-state index in [4.69, 9.17) is 9.84 Å². The summed E-state index contributed by atoms with van der Waals surface area (Å²) in [7, 11) is 1.66. The summed E-state index contributed by atoms with van der Waals surface area (Å²) in [6, 6.07) is 6.31. The van der Waals surface area contributed by atoms with Gasteiger partial charge in [0.1, 0.15) is 5.75 Å². The van der Waals surface area contributed by atoms with Crippen LogP contribution < -0.4 is 4.74 Å². The maximum absolute atomic E-state index is 11.1. The van der Waals surface area contributed by atoms with E-state index in [2.05, 4.69) is 26.0 Å². The van der Waals surface area contributed by atoms with Crippen molar-refractivity contribution in [1.29, 1.82) is 0 Å². The van der Waals surface area contributed by atoms with Gasteiger partial charge in [0.15, 0.2) is 0 Å². The topological polar surface area (TPSA) is 46.5 Å². The summed E-state index contributed by atoms with van der Waals surface area (Å²) in [5.41, 5.74) is 2.20. The van der Waals surface area contributed by atoms with Crippen LogP contribution in [0.25, 0.3) is 0 Å². The van der Waals surface area contributed by atoms with Crippen molar-refractivity contribution in [2.45, 2.75) is 57.3 Å². The van der Waals surface area contributed by atoms with E-state index in [0.717, 1.165) is 37.0 Å². The fourth-order valence-corrected chi connectivity index (χ4v) is 3.14. The monoisotopic (exact) mass is 276 g/mol. The highest BCUT2D eigenvalue weighted by atomic mass is 16.5. The van der Waals surface area contributed by atoms with Gasteiger partial charge in [-0.15, -0.1) is 0 Å². The van der Waals surface area contributed by atoms with Crippen LogP contribution in [0.1, 0.15) is 63.0 Å². The fourth-order valence-electron chi connectivity index (χ4n) is 3.14. The molecule has 3 heteroatoms. The molecule has 1 saturated carbocycles. The van der Waals surface area contributed by atoms with Gasteiger partial charge in [0.2, 0.25) is 0 Å². The number of rotatable bonds is 7. The average Bonchev–Trinajstić information content (AvgIpc) is 3.20. The second kappa shape index (κ2) is 5.86. The van der Waals surface area contributed by atoms with Gasteiger partial charge < -0.3 is 9.84 Å². The van der Waals surface area contributed by atoms with Gasteiger partial charge in [-0.25, -0.2) is 0 Å². The molecule has 0 heterocycles. The van der Waals surface area contributed by atoms with Crippen molar-refractivity contribution < 1.29 is 14.6 Å². The Morgan fingerprint density at radius 3 is 2.45 bits per heavy atom. The van der Waals surface area contributed by atoms with E-state index in [1.807, 2.05) is 6.07 Å². The van der Waals surface area contributed by atoms with Gasteiger partial charge in [-0.05, 0) is 43.2 Å². The summed E-state index contributed by atoms with van der Waals surface area (Å²) in [6.45, 7) is 4.39.